The average molecular weight is 647 g/mol. The molecule has 2 aliphatic rings. The minimum Gasteiger partial charge on any atom is -0.440 e. The van der Waals surface area contributed by atoms with E-state index in [1.807, 2.05) is 121 Å². The first-order valence-electron chi connectivity index (χ1n) is 16.2. The van der Waals surface area contributed by atoms with Crippen molar-refractivity contribution in [3.05, 3.63) is 167 Å². The molecule has 2 unspecified atom stereocenters. The van der Waals surface area contributed by atoms with E-state index in [4.69, 9.17) is 28.4 Å². The Bertz CT molecular complexity index is 1530. The summed E-state index contributed by atoms with van der Waals surface area (Å²) in [5.74, 6) is -2.43. The SMILES string of the molecule is COC1(C)O/C(=C\C(=O)/C=C2\OC(C)(OC)OC2(Cc2ccccc2)Cc2ccccc2)C(Cc2ccccc2)(Cc2ccccc2)O1. The Morgan fingerprint density at radius 3 is 1.04 bits per heavy atom. The van der Waals surface area contributed by atoms with Gasteiger partial charge in [-0.2, -0.15) is 0 Å². The van der Waals surface area contributed by atoms with E-state index in [2.05, 4.69) is 0 Å². The van der Waals surface area contributed by atoms with Gasteiger partial charge >= 0.3 is 11.9 Å². The fourth-order valence-electron chi connectivity index (χ4n) is 6.55. The molecule has 0 bridgehead atoms. The van der Waals surface area contributed by atoms with Gasteiger partial charge in [-0.25, -0.2) is 0 Å². The molecular formula is C41H42O7. The Morgan fingerprint density at radius 1 is 0.521 bits per heavy atom. The summed E-state index contributed by atoms with van der Waals surface area (Å²) in [5.41, 5.74) is 2.04. The molecule has 2 fully saturated rings. The first-order valence-corrected chi connectivity index (χ1v) is 16.2. The maximum absolute atomic E-state index is 14.2. The first-order chi connectivity index (χ1) is 23.2. The van der Waals surface area contributed by atoms with Crippen molar-refractivity contribution in [2.45, 2.75) is 62.7 Å². The molecule has 2 atom stereocenters. The number of allylic oxidation sites excluding steroid dienone is 2. The number of carbonyl (C=O) groups excluding carboxylic acids is 1. The Kier molecular flexibility index (Phi) is 9.67. The largest absolute Gasteiger partial charge is 0.440 e. The standard InChI is InChI=1S/C41H42O7/c1-38(43-3)45-36(40(47-38,27-31-17-9-5-10-18-31)28-32-19-11-6-12-20-32)25-35(42)26-37-41(48-39(2,44-4)46-37,29-33-21-13-7-14-22-33)30-34-23-15-8-16-24-34/h5-26H,27-30H2,1-4H3/b36-25-,37-26-. The third-order valence-corrected chi connectivity index (χ3v) is 8.87. The molecule has 0 amide bonds. The summed E-state index contributed by atoms with van der Waals surface area (Å²) in [5, 5.41) is 0. The topological polar surface area (TPSA) is 72.5 Å². The van der Waals surface area contributed by atoms with Crippen molar-refractivity contribution in [2.75, 3.05) is 14.2 Å². The third kappa shape index (κ3) is 7.45. The number of carbonyl (C=O) groups is 1. The van der Waals surface area contributed by atoms with E-state index in [9.17, 15) is 4.79 Å². The van der Waals surface area contributed by atoms with Crippen molar-refractivity contribution in [3.8, 4) is 0 Å². The van der Waals surface area contributed by atoms with Crippen molar-refractivity contribution >= 4 is 5.78 Å². The normalized spacial score (nSPS) is 24.3. The van der Waals surface area contributed by atoms with Crippen LogP contribution in [0.2, 0.25) is 0 Å². The van der Waals surface area contributed by atoms with Gasteiger partial charge in [0.05, 0.1) is 0 Å². The van der Waals surface area contributed by atoms with Gasteiger partial charge in [-0.3, -0.25) is 4.79 Å². The van der Waals surface area contributed by atoms with E-state index in [1.54, 1.807) is 13.8 Å². The summed E-state index contributed by atoms with van der Waals surface area (Å²) in [4.78, 5) is 14.2. The Morgan fingerprint density at radius 2 is 0.792 bits per heavy atom. The summed E-state index contributed by atoms with van der Waals surface area (Å²) in [7, 11) is 3.05. The van der Waals surface area contributed by atoms with Crippen LogP contribution in [0.5, 0.6) is 0 Å². The van der Waals surface area contributed by atoms with E-state index < -0.39 is 23.1 Å². The van der Waals surface area contributed by atoms with E-state index in [0.717, 1.165) is 22.3 Å². The Balaban J connectivity index is 1.44. The van der Waals surface area contributed by atoms with Crippen LogP contribution in [0.3, 0.4) is 0 Å². The van der Waals surface area contributed by atoms with Crippen molar-refractivity contribution < 1.29 is 33.2 Å². The second kappa shape index (κ2) is 13.9. The van der Waals surface area contributed by atoms with Gasteiger partial charge in [0.25, 0.3) is 0 Å². The third-order valence-electron chi connectivity index (χ3n) is 8.87. The highest BCUT2D eigenvalue weighted by Crippen LogP contribution is 2.46. The van der Waals surface area contributed by atoms with Gasteiger partial charge in [0.15, 0.2) is 5.78 Å². The van der Waals surface area contributed by atoms with Gasteiger partial charge in [-0.1, -0.05) is 121 Å². The molecule has 4 aromatic rings. The predicted molar refractivity (Wildman–Crippen MR) is 182 cm³/mol. The lowest BCUT2D eigenvalue weighted by molar-refractivity contribution is -0.321. The van der Waals surface area contributed by atoms with Gasteiger partial charge < -0.3 is 28.4 Å². The summed E-state index contributed by atoms with van der Waals surface area (Å²) >= 11 is 0. The molecule has 0 spiro atoms. The highest BCUT2D eigenvalue weighted by molar-refractivity contribution is 6.00. The van der Waals surface area contributed by atoms with Crippen LogP contribution in [0.1, 0.15) is 36.1 Å². The molecule has 0 aliphatic carbocycles. The monoisotopic (exact) mass is 646 g/mol. The minimum absolute atomic E-state index is 0.344. The van der Waals surface area contributed by atoms with Crippen molar-refractivity contribution in [2.24, 2.45) is 0 Å². The molecular weight excluding hydrogens is 604 g/mol. The molecule has 6 rings (SSSR count). The highest BCUT2D eigenvalue weighted by Gasteiger charge is 2.55. The zero-order chi connectivity index (χ0) is 33.7. The minimum atomic E-state index is -1.41. The number of ketones is 1. The molecule has 0 saturated carbocycles. The van der Waals surface area contributed by atoms with Gasteiger partial charge in [-0.15, -0.1) is 0 Å². The smallest absolute Gasteiger partial charge is 0.324 e. The van der Waals surface area contributed by atoms with Gasteiger partial charge in [0.1, 0.15) is 22.7 Å². The lowest BCUT2D eigenvalue weighted by Crippen LogP contribution is -2.40. The number of ether oxygens (including phenoxy) is 6. The molecule has 2 heterocycles. The lowest BCUT2D eigenvalue weighted by Gasteiger charge is -2.29. The summed E-state index contributed by atoms with van der Waals surface area (Å²) in [6.45, 7) is 3.43. The van der Waals surface area contributed by atoms with Crippen LogP contribution in [-0.4, -0.2) is 43.2 Å². The van der Waals surface area contributed by atoms with E-state index in [-0.39, 0.29) is 5.78 Å². The second-order valence-corrected chi connectivity index (χ2v) is 12.6. The van der Waals surface area contributed by atoms with Crippen LogP contribution < -0.4 is 0 Å². The van der Waals surface area contributed by atoms with Gasteiger partial charge in [0.2, 0.25) is 0 Å². The predicted octanol–water partition coefficient (Wildman–Crippen LogP) is 7.51. The molecule has 2 saturated heterocycles. The molecule has 7 heteroatoms. The molecule has 0 aromatic heterocycles. The maximum atomic E-state index is 14.2. The number of rotatable bonds is 12. The van der Waals surface area contributed by atoms with Gasteiger partial charge in [-0.05, 0) is 22.3 Å². The second-order valence-electron chi connectivity index (χ2n) is 12.6. The van der Waals surface area contributed by atoms with Crippen LogP contribution >= 0.6 is 0 Å². The number of hydrogen-bond acceptors (Lipinski definition) is 7. The Labute approximate surface area is 282 Å². The molecule has 0 radical (unpaired) electrons. The number of benzene rings is 4. The van der Waals surface area contributed by atoms with Gasteiger partial charge in [0, 0.05) is 65.9 Å². The number of hydrogen-bond donors (Lipinski definition) is 0. The molecule has 248 valence electrons. The average Bonchev–Trinajstić information content (AvgIpc) is 3.51. The first kappa shape index (κ1) is 33.4. The van der Waals surface area contributed by atoms with Crippen LogP contribution in [-0.2, 0) is 58.9 Å². The fourth-order valence-corrected chi connectivity index (χ4v) is 6.55. The summed E-state index contributed by atoms with van der Waals surface area (Å²) < 4.78 is 37.5. The zero-order valence-electron chi connectivity index (χ0n) is 27.9. The number of methoxy groups -OCH3 is 2. The van der Waals surface area contributed by atoms with Crippen LogP contribution in [0.4, 0.5) is 0 Å². The molecule has 7 nitrogen and oxygen atoms in total. The molecule has 2 aliphatic heterocycles. The van der Waals surface area contributed by atoms with E-state index in [1.165, 1.54) is 26.4 Å². The van der Waals surface area contributed by atoms with Crippen LogP contribution in [0.25, 0.3) is 0 Å². The molecule has 48 heavy (non-hydrogen) atoms. The van der Waals surface area contributed by atoms with E-state index >= 15 is 0 Å². The Hall–Kier alpha value is -4.53. The fraction of sp³-hybridized carbons (Fsp3) is 0.293. The summed E-state index contributed by atoms with van der Waals surface area (Å²) in [6.07, 6.45) is 4.78. The quantitative estimate of drug-likeness (QED) is 0.148. The van der Waals surface area contributed by atoms with Crippen molar-refractivity contribution in [3.63, 3.8) is 0 Å². The zero-order valence-corrected chi connectivity index (χ0v) is 27.9. The summed E-state index contributed by atoms with van der Waals surface area (Å²) in [6, 6.07) is 40.1. The van der Waals surface area contributed by atoms with Crippen LogP contribution in [0, 0.1) is 0 Å². The van der Waals surface area contributed by atoms with Crippen LogP contribution in [0.15, 0.2) is 145 Å². The lowest BCUT2D eigenvalue weighted by atomic mass is 9.84. The molecule has 4 aromatic carbocycles. The molecule has 0 N–H and O–H groups in total. The maximum Gasteiger partial charge on any atom is 0.324 e. The van der Waals surface area contributed by atoms with Crippen molar-refractivity contribution in [1.82, 2.24) is 0 Å². The van der Waals surface area contributed by atoms with E-state index in [0.29, 0.717) is 37.2 Å². The highest BCUT2D eigenvalue weighted by atomic mass is 16.9. The van der Waals surface area contributed by atoms with Crippen molar-refractivity contribution in [1.29, 1.82) is 0 Å².